The van der Waals surface area contributed by atoms with E-state index in [1.54, 1.807) is 19.3 Å². The number of halogens is 1. The summed E-state index contributed by atoms with van der Waals surface area (Å²) in [5, 5.41) is 3.83. The highest BCUT2D eigenvalue weighted by Crippen LogP contribution is 2.27. The molecule has 0 radical (unpaired) electrons. The normalized spacial score (nSPS) is 18.2. The number of nitrogens with one attached hydrogen (secondary N) is 1. The van der Waals surface area contributed by atoms with Gasteiger partial charge in [-0.1, -0.05) is 31.5 Å². The largest absolute Gasteiger partial charge is 0.478 e. The third-order valence-corrected chi connectivity index (χ3v) is 6.54. The van der Waals surface area contributed by atoms with Gasteiger partial charge in [-0.3, -0.25) is 9.59 Å². The highest BCUT2D eigenvalue weighted by Gasteiger charge is 2.24. The summed E-state index contributed by atoms with van der Waals surface area (Å²) in [6.45, 7) is 6.18. The van der Waals surface area contributed by atoms with Crippen molar-refractivity contribution in [3.63, 3.8) is 0 Å². The lowest BCUT2D eigenvalue weighted by Gasteiger charge is -2.35. The molecule has 34 heavy (non-hydrogen) atoms. The minimum Gasteiger partial charge on any atom is -0.478 e. The Labute approximate surface area is 203 Å². The zero-order valence-electron chi connectivity index (χ0n) is 20.0. The molecule has 1 fully saturated rings. The number of benzene rings is 1. The van der Waals surface area contributed by atoms with Crippen LogP contribution < -0.4 is 20.5 Å². The van der Waals surface area contributed by atoms with Crippen molar-refractivity contribution in [1.82, 2.24) is 19.9 Å². The van der Waals surface area contributed by atoms with Crippen LogP contribution in [0.5, 0.6) is 5.75 Å². The van der Waals surface area contributed by atoms with Crippen LogP contribution in [0.15, 0.2) is 35.3 Å². The number of aromatic nitrogens is 3. The number of carbonyl (C=O) groups excluding carboxylic acids is 1. The monoisotopic (exact) mass is 483 g/mol. The molecule has 2 aromatic heterocycles. The van der Waals surface area contributed by atoms with Crippen molar-refractivity contribution in [2.75, 3.05) is 31.6 Å². The number of fused-ring (bicyclic) bond motifs is 1. The molecule has 0 bridgehead atoms. The lowest BCUT2D eigenvalue weighted by Crippen LogP contribution is -2.39. The van der Waals surface area contributed by atoms with Crippen LogP contribution in [0.25, 0.3) is 10.9 Å². The number of ether oxygens (including phenoxy) is 1. The second kappa shape index (κ2) is 10.0. The predicted octanol–water partition coefficient (Wildman–Crippen LogP) is 3.18. The molecule has 0 spiro atoms. The van der Waals surface area contributed by atoms with Gasteiger partial charge in [-0.2, -0.15) is 0 Å². The van der Waals surface area contributed by atoms with Gasteiger partial charge < -0.3 is 19.5 Å². The number of aryl methyl sites for hydroxylation is 1. The van der Waals surface area contributed by atoms with E-state index in [4.69, 9.17) is 21.3 Å². The maximum Gasteiger partial charge on any atom is 0.293 e. The number of piperidine rings is 1. The molecule has 1 saturated heterocycles. The fraction of sp³-hybridized carbons (Fsp3) is 0.440. The van der Waals surface area contributed by atoms with Crippen molar-refractivity contribution in [1.29, 1.82) is 0 Å². The van der Waals surface area contributed by atoms with Gasteiger partial charge in [-0.05, 0) is 42.0 Å². The van der Waals surface area contributed by atoms with Crippen LogP contribution in [0.1, 0.15) is 31.5 Å². The summed E-state index contributed by atoms with van der Waals surface area (Å²) in [7, 11) is 3.21. The minimum absolute atomic E-state index is 0.131. The fourth-order valence-corrected chi connectivity index (χ4v) is 4.78. The topological polar surface area (TPSA) is 89.3 Å². The predicted molar refractivity (Wildman–Crippen MR) is 134 cm³/mol. The second-order valence-electron chi connectivity index (χ2n) is 9.22. The lowest BCUT2D eigenvalue weighted by molar-refractivity contribution is -0.122. The van der Waals surface area contributed by atoms with Crippen LogP contribution in [0.3, 0.4) is 0 Å². The number of hydrogen-bond acceptors (Lipinski definition) is 6. The van der Waals surface area contributed by atoms with Crippen molar-refractivity contribution in [2.45, 2.75) is 26.7 Å². The maximum absolute atomic E-state index is 12.6. The van der Waals surface area contributed by atoms with E-state index in [1.165, 1.54) is 18.0 Å². The number of hydrogen-bond donors (Lipinski definition) is 1. The molecule has 180 valence electrons. The molecule has 1 aliphatic heterocycles. The Morgan fingerprint density at radius 3 is 2.68 bits per heavy atom. The highest BCUT2D eigenvalue weighted by atomic mass is 35.5. The van der Waals surface area contributed by atoms with E-state index in [0.29, 0.717) is 29.2 Å². The molecule has 0 unspecified atom stereocenters. The van der Waals surface area contributed by atoms with Gasteiger partial charge in [0.15, 0.2) is 12.4 Å². The number of amides is 1. The van der Waals surface area contributed by atoms with Crippen LogP contribution in [0.2, 0.25) is 5.02 Å². The molecule has 0 aliphatic carbocycles. The van der Waals surface area contributed by atoms with E-state index in [-0.39, 0.29) is 23.8 Å². The highest BCUT2D eigenvalue weighted by molar-refractivity contribution is 6.31. The van der Waals surface area contributed by atoms with Gasteiger partial charge in [0.25, 0.3) is 11.5 Å². The molecule has 1 amide bonds. The minimum atomic E-state index is -0.303. The van der Waals surface area contributed by atoms with Gasteiger partial charge in [0, 0.05) is 39.0 Å². The SMILES string of the molecule is CNC(=O)COc1cc2cc(Cc3nc(N4C[C@H](C)C[C@H](C)C4)ncc3Cl)ccc2n(C)c1=O. The number of rotatable bonds is 6. The van der Waals surface area contributed by atoms with Crippen molar-refractivity contribution >= 4 is 34.4 Å². The van der Waals surface area contributed by atoms with Gasteiger partial charge in [0.1, 0.15) is 0 Å². The first-order valence-corrected chi connectivity index (χ1v) is 11.8. The molecule has 9 heteroatoms. The van der Waals surface area contributed by atoms with E-state index >= 15 is 0 Å². The van der Waals surface area contributed by atoms with Crippen LogP contribution in [0, 0.1) is 11.8 Å². The third kappa shape index (κ3) is 5.17. The van der Waals surface area contributed by atoms with Crippen molar-refractivity contribution in [3.05, 3.63) is 57.1 Å². The van der Waals surface area contributed by atoms with E-state index in [9.17, 15) is 9.59 Å². The van der Waals surface area contributed by atoms with E-state index in [1.807, 2.05) is 18.2 Å². The average molecular weight is 484 g/mol. The fourth-order valence-electron chi connectivity index (χ4n) is 4.62. The van der Waals surface area contributed by atoms with Crippen molar-refractivity contribution in [3.8, 4) is 5.75 Å². The molecular formula is C25H30ClN5O3. The average Bonchev–Trinajstić information content (AvgIpc) is 2.81. The number of likely N-dealkylation sites (N-methyl/N-ethyl adjacent to an activating group) is 1. The maximum atomic E-state index is 12.6. The lowest BCUT2D eigenvalue weighted by atomic mass is 9.92. The molecule has 1 N–H and O–H groups in total. The number of nitrogens with zero attached hydrogens (tertiary/aromatic N) is 4. The zero-order chi connectivity index (χ0) is 24.4. The van der Waals surface area contributed by atoms with Gasteiger partial charge in [0.05, 0.1) is 22.4 Å². The quantitative estimate of drug-likeness (QED) is 0.579. The molecule has 2 atom stereocenters. The van der Waals surface area contributed by atoms with Crippen LogP contribution in [-0.2, 0) is 18.3 Å². The van der Waals surface area contributed by atoms with E-state index < -0.39 is 0 Å². The van der Waals surface area contributed by atoms with Crippen LogP contribution >= 0.6 is 11.6 Å². The molecule has 3 aromatic rings. The summed E-state index contributed by atoms with van der Waals surface area (Å²) in [5.74, 6) is 1.73. The molecule has 8 nitrogen and oxygen atoms in total. The Morgan fingerprint density at radius 1 is 1.24 bits per heavy atom. The van der Waals surface area contributed by atoms with Crippen molar-refractivity contribution in [2.24, 2.45) is 18.9 Å². The van der Waals surface area contributed by atoms with Crippen LogP contribution in [0.4, 0.5) is 5.95 Å². The first-order chi connectivity index (χ1) is 16.2. The summed E-state index contributed by atoms with van der Waals surface area (Å²) < 4.78 is 6.98. The first kappa shape index (κ1) is 24.0. The Morgan fingerprint density at radius 2 is 1.97 bits per heavy atom. The number of carbonyl (C=O) groups is 1. The first-order valence-electron chi connectivity index (χ1n) is 11.5. The van der Waals surface area contributed by atoms with Gasteiger partial charge >= 0.3 is 0 Å². The van der Waals surface area contributed by atoms with Gasteiger partial charge in [-0.15, -0.1) is 0 Å². The van der Waals surface area contributed by atoms with Gasteiger partial charge in [0.2, 0.25) is 5.95 Å². The second-order valence-corrected chi connectivity index (χ2v) is 9.63. The Kier molecular flexibility index (Phi) is 7.07. The van der Waals surface area contributed by atoms with Crippen molar-refractivity contribution < 1.29 is 9.53 Å². The summed E-state index contributed by atoms with van der Waals surface area (Å²) >= 11 is 6.47. The third-order valence-electron chi connectivity index (χ3n) is 6.22. The molecule has 1 aliphatic rings. The summed E-state index contributed by atoms with van der Waals surface area (Å²) in [5.41, 5.74) is 2.23. The Hall–Kier alpha value is -3.13. The van der Waals surface area contributed by atoms with Crippen LogP contribution in [-0.4, -0.2) is 47.2 Å². The zero-order valence-corrected chi connectivity index (χ0v) is 20.7. The van der Waals surface area contributed by atoms with E-state index in [2.05, 4.69) is 29.0 Å². The Balaban J connectivity index is 1.62. The molecule has 1 aromatic carbocycles. The standard InChI is InChI=1S/C25H30ClN5O3/c1-15-7-16(2)13-31(12-15)25-28-11-19(26)20(29-25)9-17-5-6-21-18(8-17)10-22(24(33)30(21)4)34-14-23(32)27-3/h5-6,8,10-11,15-16H,7,9,12-14H2,1-4H3,(H,27,32)/t15-,16+. The molecule has 0 saturated carbocycles. The number of pyridine rings is 1. The van der Waals surface area contributed by atoms with Gasteiger partial charge in [-0.25, -0.2) is 9.97 Å². The molecular weight excluding hydrogens is 454 g/mol. The summed E-state index contributed by atoms with van der Waals surface area (Å²) in [6, 6.07) is 7.53. The van der Waals surface area contributed by atoms with E-state index in [0.717, 1.165) is 35.2 Å². The summed E-state index contributed by atoms with van der Waals surface area (Å²) in [6.07, 6.45) is 3.42. The molecule has 3 heterocycles. The molecule has 4 rings (SSSR count). The smallest absolute Gasteiger partial charge is 0.293 e. The Bertz CT molecular complexity index is 1270. The number of anilines is 1. The summed E-state index contributed by atoms with van der Waals surface area (Å²) in [4.78, 5) is 35.7.